The third-order valence-electron chi connectivity index (χ3n) is 1.05. The number of hydrogen-bond acceptors (Lipinski definition) is 4. The Labute approximate surface area is 62.0 Å². The summed E-state index contributed by atoms with van der Waals surface area (Å²) in [7, 11) is 1.16. The van der Waals surface area contributed by atoms with Crippen LogP contribution in [-0.2, 0) is 4.74 Å². The summed E-state index contributed by atoms with van der Waals surface area (Å²) in [6.45, 7) is 0. The third-order valence-corrected chi connectivity index (χ3v) is 1.05. The van der Waals surface area contributed by atoms with Crippen molar-refractivity contribution in [3.05, 3.63) is 24.0 Å². The van der Waals surface area contributed by atoms with Crippen LogP contribution in [-0.4, -0.2) is 23.0 Å². The zero-order chi connectivity index (χ0) is 8.27. The lowest BCUT2D eigenvalue weighted by Crippen LogP contribution is -2.07. The Bertz CT molecular complexity index is 277. The predicted octanol–water partition coefficient (Wildman–Crippen LogP) is 0.402. The second-order valence-corrected chi connectivity index (χ2v) is 1.71. The minimum atomic E-state index is -0.801. The van der Waals surface area contributed by atoms with E-state index in [1.165, 1.54) is 0 Å². The summed E-state index contributed by atoms with van der Waals surface area (Å²) >= 11 is 0. The normalized spacial score (nSPS) is 9.27. The molecule has 1 aromatic heterocycles. The van der Waals surface area contributed by atoms with Crippen molar-refractivity contribution in [2.75, 3.05) is 7.11 Å². The first-order chi connectivity index (χ1) is 5.25. The molecule has 1 aromatic rings. The zero-order valence-corrected chi connectivity index (χ0v) is 5.74. The Morgan fingerprint density at radius 3 is 3.00 bits per heavy atom. The summed E-state index contributed by atoms with van der Waals surface area (Å²) in [6, 6.07) is 0. The van der Waals surface area contributed by atoms with Crippen LogP contribution < -0.4 is 0 Å². The van der Waals surface area contributed by atoms with Crippen molar-refractivity contribution in [2.24, 2.45) is 0 Å². The molecule has 0 fully saturated rings. The highest BCUT2D eigenvalue weighted by Gasteiger charge is 2.12. The van der Waals surface area contributed by atoms with Gasteiger partial charge in [-0.2, -0.15) is 0 Å². The molecule has 0 aliphatic heterocycles. The van der Waals surface area contributed by atoms with E-state index < -0.39 is 11.8 Å². The van der Waals surface area contributed by atoms with Gasteiger partial charge in [0.15, 0.2) is 11.5 Å². The van der Waals surface area contributed by atoms with E-state index in [4.69, 9.17) is 0 Å². The van der Waals surface area contributed by atoms with Crippen LogP contribution >= 0.6 is 0 Å². The highest BCUT2D eigenvalue weighted by atomic mass is 19.1. The molecule has 0 spiro atoms. The Morgan fingerprint density at radius 2 is 2.45 bits per heavy atom. The Kier molecular flexibility index (Phi) is 2.10. The smallest absolute Gasteiger partial charge is 0.359 e. The molecule has 0 aliphatic rings. The minimum Gasteiger partial charge on any atom is -0.464 e. The highest BCUT2D eigenvalue weighted by Crippen LogP contribution is 2.01. The highest BCUT2D eigenvalue weighted by molar-refractivity contribution is 5.87. The number of methoxy groups -OCH3 is 1. The number of ether oxygens (including phenoxy) is 1. The minimum absolute atomic E-state index is 0.345. The Balaban J connectivity index is 3.03. The zero-order valence-electron chi connectivity index (χ0n) is 5.74. The molecule has 58 valence electrons. The molecule has 11 heavy (non-hydrogen) atoms. The maximum absolute atomic E-state index is 12.6. The lowest BCUT2D eigenvalue weighted by Gasteiger charge is -1.96. The van der Waals surface area contributed by atoms with Gasteiger partial charge in [-0.3, -0.25) is 0 Å². The van der Waals surface area contributed by atoms with Gasteiger partial charge in [-0.1, -0.05) is 0 Å². The lowest BCUT2D eigenvalue weighted by atomic mass is 10.4. The number of halogens is 1. The number of rotatable bonds is 1. The van der Waals surface area contributed by atoms with Crippen molar-refractivity contribution in [2.45, 2.75) is 0 Å². The molecule has 0 N–H and O–H groups in total. The van der Waals surface area contributed by atoms with Gasteiger partial charge in [0, 0.05) is 0 Å². The summed E-state index contributed by atoms with van der Waals surface area (Å²) in [5.41, 5.74) is -0.345. The summed E-state index contributed by atoms with van der Waals surface area (Å²) in [6.07, 6.45) is 1.98. The van der Waals surface area contributed by atoms with Gasteiger partial charge >= 0.3 is 5.97 Å². The average Bonchev–Trinajstić information content (AvgIpc) is 2.04. The fraction of sp³-hybridized carbons (Fsp3) is 0.167. The van der Waals surface area contributed by atoms with Crippen LogP contribution in [0.1, 0.15) is 10.5 Å². The first kappa shape index (κ1) is 7.59. The van der Waals surface area contributed by atoms with Crippen LogP contribution in [0.4, 0.5) is 4.39 Å². The van der Waals surface area contributed by atoms with Crippen LogP contribution in [0, 0.1) is 5.82 Å². The molecule has 5 heteroatoms. The van der Waals surface area contributed by atoms with Crippen LogP contribution in [0.25, 0.3) is 0 Å². The van der Waals surface area contributed by atoms with E-state index >= 15 is 0 Å². The Hall–Kier alpha value is -1.52. The molecule has 0 saturated heterocycles. The second kappa shape index (κ2) is 3.05. The standard InChI is InChI=1S/C6H5FN2O2/c1-11-6(10)5-4(7)2-8-3-9-5/h2-3H,1H3. The molecule has 1 rings (SSSR count). The predicted molar refractivity (Wildman–Crippen MR) is 33.3 cm³/mol. The molecule has 1 heterocycles. The van der Waals surface area contributed by atoms with E-state index in [1.54, 1.807) is 0 Å². The molecule has 0 unspecified atom stereocenters. The molecule has 4 nitrogen and oxygen atoms in total. The maximum atomic E-state index is 12.6. The van der Waals surface area contributed by atoms with E-state index in [1.807, 2.05) is 0 Å². The van der Waals surface area contributed by atoms with E-state index in [0.29, 0.717) is 0 Å². The third kappa shape index (κ3) is 1.49. The van der Waals surface area contributed by atoms with Crippen LogP contribution in [0.2, 0.25) is 0 Å². The fourth-order valence-electron chi connectivity index (χ4n) is 0.560. The largest absolute Gasteiger partial charge is 0.464 e. The molecule has 0 saturated carbocycles. The van der Waals surface area contributed by atoms with Gasteiger partial charge in [0.2, 0.25) is 0 Å². The second-order valence-electron chi connectivity index (χ2n) is 1.71. The van der Waals surface area contributed by atoms with Crippen LogP contribution in [0.15, 0.2) is 12.5 Å². The van der Waals surface area contributed by atoms with Crippen LogP contribution in [0.3, 0.4) is 0 Å². The molecule has 0 atom stereocenters. The number of carbonyl (C=O) groups is 1. The number of hydrogen-bond donors (Lipinski definition) is 0. The summed E-state index contributed by atoms with van der Waals surface area (Å²) in [4.78, 5) is 17.4. The number of nitrogens with zero attached hydrogens (tertiary/aromatic N) is 2. The lowest BCUT2D eigenvalue weighted by molar-refractivity contribution is 0.0588. The summed E-state index contributed by atoms with van der Waals surface area (Å²) in [5, 5.41) is 0. The van der Waals surface area contributed by atoms with Gasteiger partial charge in [0.05, 0.1) is 13.3 Å². The van der Waals surface area contributed by atoms with Gasteiger partial charge in [0.25, 0.3) is 0 Å². The van der Waals surface area contributed by atoms with Crippen molar-refractivity contribution < 1.29 is 13.9 Å². The molecule has 0 bridgehead atoms. The quantitative estimate of drug-likeness (QED) is 0.552. The molecular formula is C6H5FN2O2. The Morgan fingerprint density at radius 1 is 1.73 bits per heavy atom. The molecular weight excluding hydrogens is 151 g/mol. The van der Waals surface area contributed by atoms with Gasteiger partial charge in [-0.05, 0) is 0 Å². The summed E-state index contributed by atoms with van der Waals surface area (Å²) in [5.74, 6) is -1.58. The molecule has 0 radical (unpaired) electrons. The van der Waals surface area contributed by atoms with Gasteiger partial charge < -0.3 is 4.74 Å². The van der Waals surface area contributed by atoms with Gasteiger partial charge in [-0.15, -0.1) is 0 Å². The number of carbonyl (C=O) groups excluding carboxylic acids is 1. The molecule has 0 aliphatic carbocycles. The topological polar surface area (TPSA) is 52.1 Å². The monoisotopic (exact) mass is 156 g/mol. The van der Waals surface area contributed by atoms with Crippen LogP contribution in [0.5, 0.6) is 0 Å². The molecule has 0 amide bonds. The van der Waals surface area contributed by atoms with Gasteiger partial charge in [-0.25, -0.2) is 19.2 Å². The van der Waals surface area contributed by atoms with Crippen molar-refractivity contribution in [1.29, 1.82) is 0 Å². The van der Waals surface area contributed by atoms with E-state index in [2.05, 4.69) is 14.7 Å². The maximum Gasteiger partial charge on any atom is 0.359 e. The number of aromatic nitrogens is 2. The SMILES string of the molecule is COC(=O)c1ncncc1F. The van der Waals surface area contributed by atoms with Crippen molar-refractivity contribution in [3.63, 3.8) is 0 Å². The van der Waals surface area contributed by atoms with Crippen molar-refractivity contribution >= 4 is 5.97 Å². The molecule has 0 aromatic carbocycles. The average molecular weight is 156 g/mol. The van der Waals surface area contributed by atoms with Crippen molar-refractivity contribution in [3.8, 4) is 0 Å². The number of esters is 1. The van der Waals surface area contributed by atoms with E-state index in [9.17, 15) is 9.18 Å². The van der Waals surface area contributed by atoms with Gasteiger partial charge in [0.1, 0.15) is 6.33 Å². The van der Waals surface area contributed by atoms with Crippen molar-refractivity contribution in [1.82, 2.24) is 9.97 Å². The van der Waals surface area contributed by atoms with E-state index in [-0.39, 0.29) is 5.69 Å². The van der Waals surface area contributed by atoms with E-state index in [0.717, 1.165) is 19.6 Å². The first-order valence-corrected chi connectivity index (χ1v) is 2.79. The summed E-state index contributed by atoms with van der Waals surface area (Å²) < 4.78 is 16.8. The fourth-order valence-corrected chi connectivity index (χ4v) is 0.560. The first-order valence-electron chi connectivity index (χ1n) is 2.79.